The Labute approximate surface area is 175 Å². The molecule has 0 aliphatic heterocycles. The number of carboxylic acid groups (broad SMARTS) is 1. The third kappa shape index (κ3) is 5.45. The van der Waals surface area contributed by atoms with Crippen molar-refractivity contribution in [1.82, 2.24) is 5.32 Å². The van der Waals surface area contributed by atoms with Crippen molar-refractivity contribution in [2.24, 2.45) is 0 Å². The van der Waals surface area contributed by atoms with E-state index in [1.165, 1.54) is 24.3 Å². The maximum atomic E-state index is 12.8. The third-order valence-electron chi connectivity index (χ3n) is 3.88. The number of carboxylic acids is 1. The van der Waals surface area contributed by atoms with E-state index in [2.05, 4.69) is 10.1 Å². The number of likely N-dealkylation sites (N-methyl/N-ethyl adjacent to an activating group) is 1. The molecule has 29 heavy (non-hydrogen) atoms. The quantitative estimate of drug-likeness (QED) is 0.308. The average molecular weight is 442 g/mol. The van der Waals surface area contributed by atoms with Gasteiger partial charge in [0.15, 0.2) is 19.2 Å². The summed E-state index contributed by atoms with van der Waals surface area (Å²) >= 11 is 12.2. The number of aliphatic hydroxyl groups is 1. The van der Waals surface area contributed by atoms with Gasteiger partial charge in [-0.05, 0) is 24.7 Å². The van der Waals surface area contributed by atoms with Crippen molar-refractivity contribution >= 4 is 40.9 Å². The predicted molar refractivity (Wildman–Crippen MR) is 104 cm³/mol. The first-order valence-corrected chi connectivity index (χ1v) is 8.97. The van der Waals surface area contributed by atoms with E-state index in [4.69, 9.17) is 38.2 Å². The number of carbonyl (C=O) groups excluding carboxylic acids is 2. The number of hydrogen-bond acceptors (Lipinski definition) is 7. The molecule has 0 aliphatic carbocycles. The Hall–Kier alpha value is -2.65. The number of aliphatic carboxylic acids is 1. The minimum absolute atomic E-state index is 0.0465. The summed E-state index contributed by atoms with van der Waals surface area (Å²) in [4.78, 5) is 35.2. The molecule has 0 spiro atoms. The summed E-state index contributed by atoms with van der Waals surface area (Å²) in [6, 6.07) is 8.08. The highest BCUT2D eigenvalue weighted by Gasteiger charge is 2.22. The van der Waals surface area contributed by atoms with Gasteiger partial charge in [-0.2, -0.15) is 0 Å². The fourth-order valence-corrected chi connectivity index (χ4v) is 2.97. The molecule has 1 atom stereocenters. The molecule has 0 aromatic heterocycles. The fourth-order valence-electron chi connectivity index (χ4n) is 2.51. The summed E-state index contributed by atoms with van der Waals surface area (Å²) in [6.07, 6.45) is 0. The zero-order chi connectivity index (χ0) is 21.6. The van der Waals surface area contributed by atoms with Gasteiger partial charge in [0.05, 0.1) is 5.02 Å². The first-order chi connectivity index (χ1) is 13.8. The highest BCUT2D eigenvalue weighted by Crippen LogP contribution is 2.35. The molecule has 3 N–H and O–H groups in total. The molecule has 0 saturated heterocycles. The van der Waals surface area contributed by atoms with E-state index in [9.17, 15) is 14.4 Å². The van der Waals surface area contributed by atoms with Gasteiger partial charge in [0, 0.05) is 11.1 Å². The number of esters is 1. The van der Waals surface area contributed by atoms with Crippen LogP contribution in [0, 0.1) is 0 Å². The molecule has 2 rings (SSSR count). The summed E-state index contributed by atoms with van der Waals surface area (Å²) in [5.41, 5.74) is 0.928. The molecule has 8 nitrogen and oxygen atoms in total. The van der Waals surface area contributed by atoms with Gasteiger partial charge < -0.3 is 25.0 Å². The van der Waals surface area contributed by atoms with E-state index in [0.717, 1.165) is 0 Å². The molecule has 2 aromatic rings. The molecule has 0 amide bonds. The van der Waals surface area contributed by atoms with Crippen LogP contribution in [-0.2, 0) is 14.3 Å². The maximum Gasteiger partial charge on any atom is 0.341 e. The Morgan fingerprint density at radius 2 is 1.72 bits per heavy atom. The predicted octanol–water partition coefficient (Wildman–Crippen LogP) is 2.44. The second-order valence-corrected chi connectivity index (χ2v) is 6.44. The summed E-state index contributed by atoms with van der Waals surface area (Å²) in [7, 11) is 1.55. The van der Waals surface area contributed by atoms with Gasteiger partial charge in [0.2, 0.25) is 0 Å². The van der Waals surface area contributed by atoms with Crippen LogP contribution in [0.2, 0.25) is 10.0 Å². The number of benzene rings is 2. The Kier molecular flexibility index (Phi) is 7.98. The number of hydrogen-bond donors (Lipinski definition) is 3. The topological polar surface area (TPSA) is 122 Å². The van der Waals surface area contributed by atoms with Gasteiger partial charge in [0.25, 0.3) is 0 Å². The van der Waals surface area contributed by atoms with Crippen molar-refractivity contribution in [2.75, 3.05) is 20.4 Å². The van der Waals surface area contributed by atoms with Crippen molar-refractivity contribution in [1.29, 1.82) is 0 Å². The van der Waals surface area contributed by atoms with E-state index < -0.39 is 37.2 Å². The van der Waals surface area contributed by atoms with Crippen LogP contribution >= 0.6 is 23.2 Å². The number of ketones is 1. The van der Waals surface area contributed by atoms with Crippen molar-refractivity contribution in [3.63, 3.8) is 0 Å². The van der Waals surface area contributed by atoms with Crippen molar-refractivity contribution in [2.45, 2.75) is 6.04 Å². The summed E-state index contributed by atoms with van der Waals surface area (Å²) in [5.74, 6) is -2.22. The summed E-state index contributed by atoms with van der Waals surface area (Å²) < 4.78 is 9.60. The number of halogens is 2. The molecule has 1 unspecified atom stereocenters. The van der Waals surface area contributed by atoms with Crippen molar-refractivity contribution in [3.8, 4) is 5.75 Å². The zero-order valence-electron chi connectivity index (χ0n) is 15.1. The van der Waals surface area contributed by atoms with Gasteiger partial charge in [-0.15, -0.1) is 0 Å². The summed E-state index contributed by atoms with van der Waals surface area (Å²) in [6.45, 7) is -1.34. The SMILES string of the molecule is CNC(C(=O)OCO)c1ccc(C(=O)c2ccc(OCC(=O)O)c(Cl)c2Cl)cc1. The third-order valence-corrected chi connectivity index (χ3v) is 4.74. The largest absolute Gasteiger partial charge is 0.480 e. The van der Waals surface area contributed by atoms with Crippen molar-refractivity contribution < 1.29 is 34.1 Å². The Morgan fingerprint density at radius 1 is 1.07 bits per heavy atom. The maximum absolute atomic E-state index is 12.8. The first kappa shape index (κ1) is 22.6. The van der Waals surface area contributed by atoms with Crippen LogP contribution in [0.15, 0.2) is 36.4 Å². The Bertz CT molecular complexity index is 916. The average Bonchev–Trinajstić information content (AvgIpc) is 2.70. The number of rotatable bonds is 9. The lowest BCUT2D eigenvalue weighted by atomic mass is 9.99. The molecule has 0 radical (unpaired) electrons. The molecule has 0 fully saturated rings. The lowest BCUT2D eigenvalue weighted by Crippen LogP contribution is -2.27. The minimum atomic E-state index is -1.18. The molecular weight excluding hydrogens is 425 g/mol. The van der Waals surface area contributed by atoms with E-state index in [1.807, 2.05) is 0 Å². The van der Waals surface area contributed by atoms with Crippen LogP contribution in [0.5, 0.6) is 5.75 Å². The fraction of sp³-hybridized carbons (Fsp3) is 0.211. The monoisotopic (exact) mass is 441 g/mol. The molecule has 0 aliphatic rings. The molecular formula is C19H17Cl2NO7. The van der Waals surface area contributed by atoms with E-state index in [1.54, 1.807) is 19.2 Å². The van der Waals surface area contributed by atoms with E-state index in [0.29, 0.717) is 5.56 Å². The normalized spacial score (nSPS) is 11.6. The zero-order valence-corrected chi connectivity index (χ0v) is 16.7. The molecule has 0 saturated carbocycles. The second-order valence-electron chi connectivity index (χ2n) is 5.69. The van der Waals surface area contributed by atoms with E-state index in [-0.39, 0.29) is 26.9 Å². The van der Waals surface area contributed by atoms with Crippen LogP contribution in [0.3, 0.4) is 0 Å². The molecule has 154 valence electrons. The second kappa shape index (κ2) is 10.2. The lowest BCUT2D eigenvalue weighted by Gasteiger charge is -2.15. The Morgan fingerprint density at radius 3 is 2.28 bits per heavy atom. The molecule has 10 heteroatoms. The highest BCUT2D eigenvalue weighted by atomic mass is 35.5. The number of nitrogens with one attached hydrogen (secondary N) is 1. The van der Waals surface area contributed by atoms with Crippen LogP contribution < -0.4 is 10.1 Å². The van der Waals surface area contributed by atoms with Gasteiger partial charge >= 0.3 is 11.9 Å². The number of aliphatic hydroxyl groups excluding tert-OH is 1. The van der Waals surface area contributed by atoms with Crippen LogP contribution in [0.4, 0.5) is 0 Å². The van der Waals surface area contributed by atoms with Gasteiger partial charge in [-0.25, -0.2) is 9.59 Å². The van der Waals surface area contributed by atoms with Crippen LogP contribution in [0.25, 0.3) is 0 Å². The lowest BCUT2D eigenvalue weighted by molar-refractivity contribution is -0.154. The minimum Gasteiger partial charge on any atom is -0.480 e. The van der Waals surface area contributed by atoms with Gasteiger partial charge in [-0.1, -0.05) is 47.5 Å². The van der Waals surface area contributed by atoms with E-state index >= 15 is 0 Å². The smallest absolute Gasteiger partial charge is 0.341 e. The van der Waals surface area contributed by atoms with Crippen LogP contribution in [-0.4, -0.2) is 48.4 Å². The van der Waals surface area contributed by atoms with Crippen LogP contribution in [0.1, 0.15) is 27.5 Å². The molecule has 0 bridgehead atoms. The van der Waals surface area contributed by atoms with Crippen molar-refractivity contribution in [3.05, 3.63) is 63.1 Å². The Balaban J connectivity index is 2.25. The summed E-state index contributed by atoms with van der Waals surface area (Å²) in [5, 5.41) is 20.0. The number of carbonyl (C=O) groups is 3. The van der Waals surface area contributed by atoms with Gasteiger partial charge in [-0.3, -0.25) is 4.79 Å². The highest BCUT2D eigenvalue weighted by molar-refractivity contribution is 6.45. The first-order valence-electron chi connectivity index (χ1n) is 8.22. The molecule has 0 heterocycles. The van der Waals surface area contributed by atoms with Gasteiger partial charge in [0.1, 0.15) is 16.8 Å². The molecule has 2 aromatic carbocycles. The number of ether oxygens (including phenoxy) is 2. The standard InChI is InChI=1S/C19H17Cl2NO7/c1-22-17(19(27)29-9-23)10-2-4-11(5-3-10)18(26)12-6-7-13(16(21)15(12)20)28-8-14(24)25/h2-7,17,22-23H,8-9H2,1H3,(H,24,25).